The second-order valence-corrected chi connectivity index (χ2v) is 4.67. The summed E-state index contributed by atoms with van der Waals surface area (Å²) in [6, 6.07) is 11.7. The third-order valence-corrected chi connectivity index (χ3v) is 2.86. The van der Waals surface area contributed by atoms with Gasteiger partial charge < -0.3 is 4.74 Å². The summed E-state index contributed by atoms with van der Waals surface area (Å²) in [5.41, 5.74) is 3.17. The lowest BCUT2D eigenvalue weighted by Gasteiger charge is -2.01. The van der Waals surface area contributed by atoms with Crippen molar-refractivity contribution in [1.29, 1.82) is 0 Å². The first kappa shape index (κ1) is 16.8. The molecule has 0 heterocycles. The van der Waals surface area contributed by atoms with Crippen LogP contribution in [0.2, 0.25) is 0 Å². The van der Waals surface area contributed by atoms with Crippen LogP contribution in [0.15, 0.2) is 53.6 Å². The monoisotopic (exact) mass is 327 g/mol. The molecule has 0 atom stereocenters. The number of amides is 1. The van der Waals surface area contributed by atoms with E-state index in [0.717, 1.165) is 0 Å². The van der Waals surface area contributed by atoms with Crippen molar-refractivity contribution in [3.05, 3.63) is 69.8 Å². The Bertz CT molecular complexity index is 782. The largest absolute Gasteiger partial charge is 0.427 e. The van der Waals surface area contributed by atoms with Crippen molar-refractivity contribution >= 4 is 23.8 Å². The van der Waals surface area contributed by atoms with Gasteiger partial charge in [-0.05, 0) is 42.0 Å². The van der Waals surface area contributed by atoms with E-state index in [0.29, 0.717) is 11.3 Å². The van der Waals surface area contributed by atoms with E-state index in [-0.39, 0.29) is 11.3 Å². The van der Waals surface area contributed by atoms with Gasteiger partial charge in [-0.15, -0.1) is 0 Å². The third kappa shape index (κ3) is 4.73. The Morgan fingerprint density at radius 2 is 1.75 bits per heavy atom. The molecule has 0 aliphatic heterocycles. The van der Waals surface area contributed by atoms with Crippen LogP contribution in [0.1, 0.15) is 22.8 Å². The molecule has 0 aromatic heterocycles. The van der Waals surface area contributed by atoms with Crippen LogP contribution in [0, 0.1) is 10.1 Å². The SMILES string of the molecule is CC(=O)Oc1ccc(/C=N\NC(=O)c2ccc([N+](=O)[O-])cc2)cc1. The number of hydrogen-bond acceptors (Lipinski definition) is 6. The summed E-state index contributed by atoms with van der Waals surface area (Å²) in [5, 5.41) is 14.3. The summed E-state index contributed by atoms with van der Waals surface area (Å²) in [7, 11) is 0. The molecule has 0 unspecified atom stereocenters. The van der Waals surface area contributed by atoms with E-state index in [4.69, 9.17) is 4.74 Å². The number of carbonyl (C=O) groups is 2. The number of hydrazone groups is 1. The summed E-state index contributed by atoms with van der Waals surface area (Å²) in [6.07, 6.45) is 1.42. The minimum Gasteiger partial charge on any atom is -0.427 e. The van der Waals surface area contributed by atoms with Gasteiger partial charge in [-0.1, -0.05) is 0 Å². The van der Waals surface area contributed by atoms with Crippen LogP contribution in [0.25, 0.3) is 0 Å². The smallest absolute Gasteiger partial charge is 0.308 e. The summed E-state index contributed by atoms with van der Waals surface area (Å²) in [4.78, 5) is 32.6. The van der Waals surface area contributed by atoms with Gasteiger partial charge in [-0.3, -0.25) is 19.7 Å². The van der Waals surface area contributed by atoms with E-state index in [9.17, 15) is 19.7 Å². The standard InChI is InChI=1S/C16H13N3O5/c1-11(20)24-15-8-2-12(3-9-15)10-17-18-16(21)13-4-6-14(7-5-13)19(22)23/h2-10H,1H3,(H,18,21)/b17-10-. The molecule has 24 heavy (non-hydrogen) atoms. The van der Waals surface area contributed by atoms with Crippen LogP contribution in [0.5, 0.6) is 5.75 Å². The number of nitro benzene ring substituents is 1. The second kappa shape index (κ2) is 7.63. The van der Waals surface area contributed by atoms with Crippen molar-refractivity contribution in [2.45, 2.75) is 6.92 Å². The number of nitrogens with one attached hydrogen (secondary N) is 1. The average Bonchev–Trinajstić information content (AvgIpc) is 2.56. The van der Waals surface area contributed by atoms with E-state index in [1.54, 1.807) is 24.3 Å². The Morgan fingerprint density at radius 3 is 2.29 bits per heavy atom. The fourth-order valence-electron chi connectivity index (χ4n) is 1.75. The number of benzene rings is 2. The van der Waals surface area contributed by atoms with Gasteiger partial charge in [-0.25, -0.2) is 5.43 Å². The first-order valence-electron chi connectivity index (χ1n) is 6.82. The molecule has 2 aromatic carbocycles. The van der Waals surface area contributed by atoms with E-state index >= 15 is 0 Å². The Hall–Kier alpha value is -3.55. The number of ether oxygens (including phenoxy) is 1. The lowest BCUT2D eigenvalue weighted by molar-refractivity contribution is -0.384. The third-order valence-electron chi connectivity index (χ3n) is 2.86. The lowest BCUT2D eigenvalue weighted by Crippen LogP contribution is -2.17. The van der Waals surface area contributed by atoms with Gasteiger partial charge >= 0.3 is 5.97 Å². The Balaban J connectivity index is 1.94. The highest BCUT2D eigenvalue weighted by atomic mass is 16.6. The van der Waals surface area contributed by atoms with Crippen molar-refractivity contribution in [2.75, 3.05) is 0 Å². The highest BCUT2D eigenvalue weighted by Crippen LogP contribution is 2.12. The first-order chi connectivity index (χ1) is 11.5. The quantitative estimate of drug-likeness (QED) is 0.298. The fraction of sp³-hybridized carbons (Fsp3) is 0.0625. The molecule has 0 bridgehead atoms. The number of esters is 1. The van der Waals surface area contributed by atoms with Gasteiger partial charge in [0.1, 0.15) is 5.75 Å². The Labute approximate surface area is 136 Å². The van der Waals surface area contributed by atoms with Gasteiger partial charge in [0.2, 0.25) is 0 Å². The number of rotatable bonds is 5. The van der Waals surface area contributed by atoms with Gasteiger partial charge in [0.25, 0.3) is 11.6 Å². The van der Waals surface area contributed by atoms with Gasteiger partial charge in [-0.2, -0.15) is 5.10 Å². The maximum atomic E-state index is 11.8. The van der Waals surface area contributed by atoms with Crippen molar-refractivity contribution in [1.82, 2.24) is 5.43 Å². The number of nitrogens with zero attached hydrogens (tertiary/aromatic N) is 2. The van der Waals surface area contributed by atoms with Gasteiger partial charge in [0.15, 0.2) is 0 Å². The zero-order valence-electron chi connectivity index (χ0n) is 12.6. The molecule has 0 saturated carbocycles. The van der Waals surface area contributed by atoms with E-state index in [2.05, 4.69) is 10.5 Å². The molecular weight excluding hydrogens is 314 g/mol. The van der Waals surface area contributed by atoms with E-state index in [1.165, 1.54) is 37.4 Å². The second-order valence-electron chi connectivity index (χ2n) is 4.67. The molecule has 0 radical (unpaired) electrons. The van der Waals surface area contributed by atoms with Crippen LogP contribution in [0.3, 0.4) is 0 Å². The molecule has 2 aromatic rings. The predicted octanol–water partition coefficient (Wildman–Crippen LogP) is 2.28. The topological polar surface area (TPSA) is 111 Å². The molecule has 1 amide bonds. The predicted molar refractivity (Wildman–Crippen MR) is 85.9 cm³/mol. The van der Waals surface area contributed by atoms with Gasteiger partial charge in [0, 0.05) is 24.6 Å². The zero-order valence-corrected chi connectivity index (χ0v) is 12.6. The molecule has 2 rings (SSSR count). The summed E-state index contributed by atoms with van der Waals surface area (Å²) >= 11 is 0. The molecular formula is C16H13N3O5. The highest BCUT2D eigenvalue weighted by Gasteiger charge is 2.08. The first-order valence-corrected chi connectivity index (χ1v) is 6.82. The minimum atomic E-state index is -0.542. The van der Waals surface area contributed by atoms with Crippen LogP contribution in [-0.2, 0) is 4.79 Å². The normalized spacial score (nSPS) is 10.4. The summed E-state index contributed by atoms with van der Waals surface area (Å²) in [5.74, 6) is -0.487. The molecule has 0 aliphatic carbocycles. The maximum Gasteiger partial charge on any atom is 0.308 e. The molecule has 0 aliphatic rings. The Morgan fingerprint density at radius 1 is 1.12 bits per heavy atom. The number of non-ortho nitro benzene ring substituents is 1. The van der Waals surface area contributed by atoms with Gasteiger partial charge in [0.05, 0.1) is 11.1 Å². The number of carbonyl (C=O) groups excluding carboxylic acids is 2. The maximum absolute atomic E-state index is 11.8. The molecule has 0 spiro atoms. The van der Waals surface area contributed by atoms with Crippen molar-refractivity contribution in [3.63, 3.8) is 0 Å². The van der Waals surface area contributed by atoms with Crippen LogP contribution in [-0.4, -0.2) is 23.0 Å². The van der Waals surface area contributed by atoms with Crippen LogP contribution < -0.4 is 10.2 Å². The molecule has 0 fully saturated rings. The zero-order chi connectivity index (χ0) is 17.5. The summed E-state index contributed by atoms with van der Waals surface area (Å²) < 4.78 is 4.90. The van der Waals surface area contributed by atoms with Crippen molar-refractivity contribution in [3.8, 4) is 5.75 Å². The molecule has 1 N–H and O–H groups in total. The van der Waals surface area contributed by atoms with Crippen molar-refractivity contribution in [2.24, 2.45) is 5.10 Å². The minimum absolute atomic E-state index is 0.0945. The lowest BCUT2D eigenvalue weighted by atomic mass is 10.2. The molecule has 8 heteroatoms. The van der Waals surface area contributed by atoms with Crippen molar-refractivity contribution < 1.29 is 19.2 Å². The van der Waals surface area contributed by atoms with E-state index < -0.39 is 16.8 Å². The summed E-state index contributed by atoms with van der Waals surface area (Å²) in [6.45, 7) is 1.31. The highest BCUT2D eigenvalue weighted by molar-refractivity contribution is 5.95. The molecule has 8 nitrogen and oxygen atoms in total. The molecule has 122 valence electrons. The Kier molecular flexibility index (Phi) is 5.35. The van der Waals surface area contributed by atoms with Crippen LogP contribution in [0.4, 0.5) is 5.69 Å². The van der Waals surface area contributed by atoms with Crippen LogP contribution >= 0.6 is 0 Å². The fourth-order valence-corrected chi connectivity index (χ4v) is 1.75. The number of nitro groups is 1. The van der Waals surface area contributed by atoms with E-state index in [1.807, 2.05) is 0 Å². The number of hydrogen-bond donors (Lipinski definition) is 1. The average molecular weight is 327 g/mol. The molecule has 0 saturated heterocycles.